The van der Waals surface area contributed by atoms with Gasteiger partial charge in [0.1, 0.15) is 5.75 Å². The Balaban J connectivity index is 2.02. The number of rotatable bonds is 11. The number of carboxylic acids is 1. The van der Waals surface area contributed by atoms with Crippen LogP contribution in [0.3, 0.4) is 0 Å². The Bertz CT molecular complexity index is 892. The first-order chi connectivity index (χ1) is 13.3. The molecule has 0 saturated carbocycles. The molecule has 2 aromatic carbocycles. The van der Waals surface area contributed by atoms with E-state index in [2.05, 4.69) is 11.6 Å². The highest BCUT2D eigenvalue weighted by Crippen LogP contribution is 2.23. The summed E-state index contributed by atoms with van der Waals surface area (Å²) >= 11 is 0. The lowest BCUT2D eigenvalue weighted by molar-refractivity contribution is 0.0698. The molecule has 0 fully saturated rings. The maximum absolute atomic E-state index is 12.6. The molecule has 2 aromatic rings. The number of anilines is 1. The summed E-state index contributed by atoms with van der Waals surface area (Å²) in [6.45, 7) is 4.51. The number of sulfonamides is 1. The molecule has 0 amide bonds. The van der Waals surface area contributed by atoms with Gasteiger partial charge in [0, 0.05) is 0 Å². The van der Waals surface area contributed by atoms with Gasteiger partial charge in [0.2, 0.25) is 0 Å². The molecule has 0 heterocycles. The van der Waals surface area contributed by atoms with Gasteiger partial charge >= 0.3 is 5.97 Å². The molecule has 0 aromatic heterocycles. The van der Waals surface area contributed by atoms with Crippen LogP contribution in [0.4, 0.5) is 5.69 Å². The molecule has 0 aliphatic carbocycles. The predicted octanol–water partition coefficient (Wildman–Crippen LogP) is 4.84. The lowest BCUT2D eigenvalue weighted by atomic mass is 10.1. The second-order valence-electron chi connectivity index (χ2n) is 6.69. The van der Waals surface area contributed by atoms with Crippen molar-refractivity contribution in [2.45, 2.75) is 50.8 Å². The Kier molecular flexibility index (Phi) is 7.87. The van der Waals surface area contributed by atoms with Crippen LogP contribution in [0.2, 0.25) is 0 Å². The molecular weight excluding hydrogens is 378 g/mol. The van der Waals surface area contributed by atoms with Crippen LogP contribution in [0.1, 0.15) is 54.9 Å². The van der Waals surface area contributed by atoms with E-state index in [1.807, 2.05) is 0 Å². The summed E-state index contributed by atoms with van der Waals surface area (Å²) in [7, 11) is -3.90. The minimum absolute atomic E-state index is 0.0329. The van der Waals surface area contributed by atoms with Crippen LogP contribution in [-0.2, 0) is 10.0 Å². The van der Waals surface area contributed by atoms with Gasteiger partial charge in [0.05, 0.1) is 22.8 Å². The smallest absolute Gasteiger partial charge is 0.337 e. The van der Waals surface area contributed by atoms with Gasteiger partial charge in [0.25, 0.3) is 10.0 Å². The van der Waals surface area contributed by atoms with Crippen LogP contribution in [0, 0.1) is 6.92 Å². The fraction of sp³-hybridized carbons (Fsp3) is 0.381. The van der Waals surface area contributed by atoms with Crippen LogP contribution in [-0.4, -0.2) is 26.1 Å². The quantitative estimate of drug-likeness (QED) is 0.522. The van der Waals surface area contributed by atoms with Crippen molar-refractivity contribution < 1.29 is 23.1 Å². The summed E-state index contributed by atoms with van der Waals surface area (Å²) in [5.41, 5.74) is 0.675. The van der Waals surface area contributed by atoms with E-state index in [-0.39, 0.29) is 16.1 Å². The van der Waals surface area contributed by atoms with Gasteiger partial charge in [0.15, 0.2) is 0 Å². The van der Waals surface area contributed by atoms with Crippen molar-refractivity contribution in [1.29, 1.82) is 0 Å². The fourth-order valence-corrected chi connectivity index (χ4v) is 3.82. The summed E-state index contributed by atoms with van der Waals surface area (Å²) in [4.78, 5) is 11.4. The number of ether oxygens (including phenoxy) is 1. The molecule has 0 saturated heterocycles. The summed E-state index contributed by atoms with van der Waals surface area (Å²) in [6, 6.07) is 10.6. The molecule has 6 nitrogen and oxygen atoms in total. The van der Waals surface area contributed by atoms with Gasteiger partial charge in [-0.05, 0) is 49.7 Å². The van der Waals surface area contributed by atoms with E-state index in [0.717, 1.165) is 18.4 Å². The number of unbranched alkanes of at least 4 members (excludes halogenated alkanes) is 4. The number of aryl methyl sites for hydroxylation is 1. The molecule has 0 spiro atoms. The van der Waals surface area contributed by atoms with Crippen LogP contribution >= 0.6 is 0 Å². The highest BCUT2D eigenvalue weighted by Gasteiger charge is 2.18. The Morgan fingerprint density at radius 2 is 1.71 bits per heavy atom. The number of carboxylic acid groups (broad SMARTS) is 1. The van der Waals surface area contributed by atoms with Gasteiger partial charge < -0.3 is 9.84 Å². The lowest BCUT2D eigenvalue weighted by Crippen LogP contribution is -2.15. The van der Waals surface area contributed by atoms with Crippen LogP contribution in [0.5, 0.6) is 5.75 Å². The summed E-state index contributed by atoms with van der Waals surface area (Å²) in [5.74, 6) is -0.583. The second-order valence-corrected chi connectivity index (χ2v) is 8.38. The number of benzene rings is 2. The molecule has 0 aliphatic rings. The maximum Gasteiger partial charge on any atom is 0.337 e. The third-order valence-corrected chi connectivity index (χ3v) is 5.68. The van der Waals surface area contributed by atoms with E-state index in [1.54, 1.807) is 25.1 Å². The highest BCUT2D eigenvalue weighted by molar-refractivity contribution is 7.92. The third kappa shape index (κ3) is 6.27. The second kappa shape index (κ2) is 10.1. The van der Waals surface area contributed by atoms with Crippen molar-refractivity contribution >= 4 is 21.7 Å². The molecule has 2 rings (SSSR count). The SMILES string of the molecule is CCCCCCCOc1ccc(S(=O)(=O)Nc2ccc(C)cc2C(=O)O)cc1. The number of hydrogen-bond acceptors (Lipinski definition) is 4. The molecule has 7 heteroatoms. The molecule has 28 heavy (non-hydrogen) atoms. The Labute approximate surface area is 166 Å². The predicted molar refractivity (Wildman–Crippen MR) is 110 cm³/mol. The summed E-state index contributed by atoms with van der Waals surface area (Å²) in [6.07, 6.45) is 5.70. The lowest BCUT2D eigenvalue weighted by Gasteiger charge is -2.12. The van der Waals surface area contributed by atoms with Crippen molar-refractivity contribution in [2.24, 2.45) is 0 Å². The van der Waals surface area contributed by atoms with Gasteiger partial charge in [-0.2, -0.15) is 0 Å². The number of carbonyl (C=O) groups is 1. The van der Waals surface area contributed by atoms with Crippen molar-refractivity contribution in [2.75, 3.05) is 11.3 Å². The van der Waals surface area contributed by atoms with Crippen LogP contribution in [0.25, 0.3) is 0 Å². The van der Waals surface area contributed by atoms with E-state index in [9.17, 15) is 18.3 Å². The molecule has 0 bridgehead atoms. The first-order valence-corrected chi connectivity index (χ1v) is 10.9. The van der Waals surface area contributed by atoms with E-state index >= 15 is 0 Å². The minimum Gasteiger partial charge on any atom is -0.494 e. The fourth-order valence-electron chi connectivity index (χ4n) is 2.74. The Morgan fingerprint density at radius 1 is 1.04 bits per heavy atom. The molecule has 2 N–H and O–H groups in total. The molecular formula is C21H27NO5S. The van der Waals surface area contributed by atoms with Gasteiger partial charge in [-0.3, -0.25) is 4.72 Å². The molecule has 0 radical (unpaired) electrons. The number of hydrogen-bond donors (Lipinski definition) is 2. The molecule has 152 valence electrons. The number of aromatic carboxylic acids is 1. The molecule has 0 aliphatic heterocycles. The molecule has 0 atom stereocenters. The third-order valence-electron chi connectivity index (χ3n) is 4.30. The largest absolute Gasteiger partial charge is 0.494 e. The van der Waals surface area contributed by atoms with Gasteiger partial charge in [-0.15, -0.1) is 0 Å². The average molecular weight is 406 g/mol. The number of nitrogens with one attached hydrogen (secondary N) is 1. The van der Waals surface area contributed by atoms with Crippen LogP contribution in [0.15, 0.2) is 47.4 Å². The van der Waals surface area contributed by atoms with E-state index in [1.165, 1.54) is 43.5 Å². The Hall–Kier alpha value is -2.54. The first kappa shape index (κ1) is 21.8. The minimum atomic E-state index is -3.90. The van der Waals surface area contributed by atoms with Gasteiger partial charge in [-0.1, -0.05) is 44.2 Å². The van der Waals surface area contributed by atoms with Crippen molar-refractivity contribution in [3.63, 3.8) is 0 Å². The van der Waals surface area contributed by atoms with Crippen molar-refractivity contribution in [3.8, 4) is 5.75 Å². The van der Waals surface area contributed by atoms with Gasteiger partial charge in [-0.25, -0.2) is 13.2 Å². The van der Waals surface area contributed by atoms with Crippen LogP contribution < -0.4 is 9.46 Å². The zero-order chi connectivity index (χ0) is 20.6. The van der Waals surface area contributed by atoms with Crippen molar-refractivity contribution in [3.05, 3.63) is 53.6 Å². The zero-order valence-electron chi connectivity index (χ0n) is 16.3. The first-order valence-electron chi connectivity index (χ1n) is 9.43. The van der Waals surface area contributed by atoms with Crippen molar-refractivity contribution in [1.82, 2.24) is 0 Å². The molecule has 0 unspecified atom stereocenters. The van der Waals surface area contributed by atoms with E-state index in [4.69, 9.17) is 4.74 Å². The zero-order valence-corrected chi connectivity index (χ0v) is 17.1. The Morgan fingerprint density at radius 3 is 2.36 bits per heavy atom. The summed E-state index contributed by atoms with van der Waals surface area (Å²) in [5, 5.41) is 9.29. The topological polar surface area (TPSA) is 92.7 Å². The summed E-state index contributed by atoms with van der Waals surface area (Å²) < 4.78 is 33.2. The highest BCUT2D eigenvalue weighted by atomic mass is 32.2. The average Bonchev–Trinajstić information content (AvgIpc) is 2.66. The standard InChI is InChI=1S/C21H27NO5S/c1-3-4-5-6-7-14-27-17-9-11-18(12-10-17)28(25,26)22-20-13-8-16(2)15-19(20)21(23)24/h8-13,15,22H,3-7,14H2,1-2H3,(H,23,24). The normalized spacial score (nSPS) is 11.2. The van der Waals surface area contributed by atoms with E-state index < -0.39 is 16.0 Å². The van der Waals surface area contributed by atoms with E-state index in [0.29, 0.717) is 12.4 Å². The maximum atomic E-state index is 12.6. The monoisotopic (exact) mass is 405 g/mol.